The van der Waals surface area contributed by atoms with Gasteiger partial charge in [-0.15, -0.1) is 0 Å². The molecule has 1 saturated carbocycles. The number of rotatable bonds is 5. The second kappa shape index (κ2) is 5.16. The highest BCUT2D eigenvalue weighted by atomic mass is 16.6. The van der Waals surface area contributed by atoms with Gasteiger partial charge in [0.15, 0.2) is 0 Å². The van der Waals surface area contributed by atoms with Crippen molar-refractivity contribution < 1.29 is 4.92 Å². The topological polar surface area (TPSA) is 84.2 Å². The van der Waals surface area contributed by atoms with Crippen molar-refractivity contribution in [1.29, 1.82) is 0 Å². The molecule has 1 aliphatic rings. The molecule has 1 aliphatic carbocycles. The first-order chi connectivity index (χ1) is 8.63. The molecule has 0 aromatic carbocycles. The summed E-state index contributed by atoms with van der Waals surface area (Å²) in [5.74, 6) is 0.833. The van der Waals surface area contributed by atoms with Crippen molar-refractivity contribution in [2.24, 2.45) is 0 Å². The van der Waals surface area contributed by atoms with Gasteiger partial charge in [-0.05, 0) is 26.2 Å². The fourth-order valence-electron chi connectivity index (χ4n) is 1.95. The van der Waals surface area contributed by atoms with Crippen molar-refractivity contribution in [1.82, 2.24) is 9.97 Å². The molecule has 7 nitrogen and oxygen atoms in total. The Balaban J connectivity index is 2.32. The van der Waals surface area contributed by atoms with Crippen LogP contribution in [0, 0.1) is 10.1 Å². The highest BCUT2D eigenvalue weighted by Gasteiger charge is 2.29. The Morgan fingerprint density at radius 3 is 2.83 bits per heavy atom. The molecular formula is C11H17N5O2. The summed E-state index contributed by atoms with van der Waals surface area (Å²) in [5, 5.41) is 14.0. The van der Waals surface area contributed by atoms with Gasteiger partial charge < -0.3 is 10.2 Å². The largest absolute Gasteiger partial charge is 0.354 e. The number of nitrogens with one attached hydrogen (secondary N) is 1. The lowest BCUT2D eigenvalue weighted by molar-refractivity contribution is -0.384. The fraction of sp³-hybridized carbons (Fsp3) is 0.636. The monoisotopic (exact) mass is 251 g/mol. The summed E-state index contributed by atoms with van der Waals surface area (Å²) in [7, 11) is 1.86. The highest BCUT2D eigenvalue weighted by molar-refractivity contribution is 5.59. The van der Waals surface area contributed by atoms with Crippen LogP contribution in [-0.2, 0) is 0 Å². The summed E-state index contributed by atoms with van der Waals surface area (Å²) in [5.41, 5.74) is -0.0361. The molecule has 1 fully saturated rings. The van der Waals surface area contributed by atoms with Gasteiger partial charge in [0.1, 0.15) is 6.20 Å². The third kappa shape index (κ3) is 2.34. The van der Waals surface area contributed by atoms with E-state index in [9.17, 15) is 10.1 Å². The molecule has 0 unspecified atom stereocenters. The maximum absolute atomic E-state index is 11.0. The maximum atomic E-state index is 11.0. The van der Waals surface area contributed by atoms with Gasteiger partial charge in [0.25, 0.3) is 0 Å². The summed E-state index contributed by atoms with van der Waals surface area (Å²) in [6.45, 7) is 2.62. The second-order valence-electron chi connectivity index (χ2n) is 4.39. The van der Waals surface area contributed by atoms with Gasteiger partial charge in [-0.2, -0.15) is 4.98 Å². The fourth-order valence-corrected chi connectivity index (χ4v) is 1.95. The van der Waals surface area contributed by atoms with Crippen LogP contribution in [0.15, 0.2) is 6.20 Å². The van der Waals surface area contributed by atoms with Crippen LogP contribution >= 0.6 is 0 Å². The minimum Gasteiger partial charge on any atom is -0.354 e. The molecule has 0 spiro atoms. The minimum atomic E-state index is -0.430. The Bertz CT molecular complexity index is 447. The molecule has 1 aromatic rings. The first-order valence-corrected chi connectivity index (χ1v) is 6.11. The lowest BCUT2D eigenvalue weighted by Crippen LogP contribution is -2.38. The highest BCUT2D eigenvalue weighted by Crippen LogP contribution is 2.32. The van der Waals surface area contributed by atoms with Crippen LogP contribution in [0.1, 0.15) is 26.2 Å². The van der Waals surface area contributed by atoms with E-state index in [0.29, 0.717) is 24.4 Å². The van der Waals surface area contributed by atoms with E-state index in [1.165, 1.54) is 12.6 Å². The van der Waals surface area contributed by atoms with E-state index in [2.05, 4.69) is 15.3 Å². The summed E-state index contributed by atoms with van der Waals surface area (Å²) >= 11 is 0. The van der Waals surface area contributed by atoms with E-state index in [4.69, 9.17) is 0 Å². The molecule has 1 N–H and O–H groups in total. The van der Waals surface area contributed by atoms with Crippen LogP contribution in [0.5, 0.6) is 0 Å². The van der Waals surface area contributed by atoms with Crippen molar-refractivity contribution >= 4 is 17.5 Å². The smallest absolute Gasteiger partial charge is 0.329 e. The maximum Gasteiger partial charge on any atom is 0.329 e. The van der Waals surface area contributed by atoms with Crippen LogP contribution in [0.4, 0.5) is 17.5 Å². The van der Waals surface area contributed by atoms with Gasteiger partial charge in [0, 0.05) is 19.6 Å². The van der Waals surface area contributed by atoms with Crippen molar-refractivity contribution in [3.63, 3.8) is 0 Å². The summed E-state index contributed by atoms with van der Waals surface area (Å²) in [4.78, 5) is 20.7. The van der Waals surface area contributed by atoms with Crippen LogP contribution in [-0.4, -0.2) is 34.5 Å². The summed E-state index contributed by atoms with van der Waals surface area (Å²) in [6.07, 6.45) is 4.58. The Kier molecular flexibility index (Phi) is 3.59. The predicted octanol–water partition coefficient (Wildman–Crippen LogP) is 1.81. The molecular weight excluding hydrogens is 234 g/mol. The molecule has 0 atom stereocenters. The predicted molar refractivity (Wildman–Crippen MR) is 68.9 cm³/mol. The van der Waals surface area contributed by atoms with E-state index >= 15 is 0 Å². The minimum absolute atomic E-state index is 0.0361. The standard InChI is InChI=1S/C11H17N5O2/c1-3-12-11-13-7-9(16(17)18)10(14-11)15(2)8-5-4-6-8/h7-8H,3-6H2,1-2H3,(H,12,13,14). The quantitative estimate of drug-likeness (QED) is 0.634. The van der Waals surface area contributed by atoms with Gasteiger partial charge in [-0.25, -0.2) is 4.98 Å². The SMILES string of the molecule is CCNc1ncc([N+](=O)[O-])c(N(C)C2CCC2)n1. The first-order valence-electron chi connectivity index (χ1n) is 6.11. The van der Waals surface area contributed by atoms with E-state index in [0.717, 1.165) is 12.8 Å². The third-order valence-electron chi connectivity index (χ3n) is 3.24. The van der Waals surface area contributed by atoms with Crippen molar-refractivity contribution in [2.75, 3.05) is 23.8 Å². The average Bonchev–Trinajstić information content (AvgIpc) is 2.26. The molecule has 2 rings (SSSR count). The zero-order chi connectivity index (χ0) is 13.1. The lowest BCUT2D eigenvalue weighted by Gasteiger charge is -2.35. The number of anilines is 2. The Morgan fingerprint density at radius 2 is 2.33 bits per heavy atom. The average molecular weight is 251 g/mol. The van der Waals surface area contributed by atoms with Gasteiger partial charge in [-0.3, -0.25) is 10.1 Å². The molecule has 0 bridgehead atoms. The molecule has 0 radical (unpaired) electrons. The Hall–Kier alpha value is -1.92. The Morgan fingerprint density at radius 1 is 1.61 bits per heavy atom. The van der Waals surface area contributed by atoms with Gasteiger partial charge in [0.05, 0.1) is 4.92 Å². The van der Waals surface area contributed by atoms with Crippen LogP contribution in [0.25, 0.3) is 0 Å². The molecule has 98 valence electrons. The number of aromatic nitrogens is 2. The van der Waals surface area contributed by atoms with E-state index < -0.39 is 4.92 Å². The molecule has 0 amide bonds. The zero-order valence-corrected chi connectivity index (χ0v) is 10.6. The van der Waals surface area contributed by atoms with E-state index in [-0.39, 0.29) is 5.69 Å². The van der Waals surface area contributed by atoms with Crippen LogP contribution in [0.3, 0.4) is 0 Å². The van der Waals surface area contributed by atoms with E-state index in [1.807, 2.05) is 18.9 Å². The molecule has 7 heteroatoms. The number of hydrogen-bond donors (Lipinski definition) is 1. The molecule has 0 aliphatic heterocycles. The first kappa shape index (κ1) is 12.5. The van der Waals surface area contributed by atoms with Gasteiger partial charge in [0.2, 0.25) is 11.8 Å². The molecule has 1 heterocycles. The second-order valence-corrected chi connectivity index (χ2v) is 4.39. The van der Waals surface area contributed by atoms with Crippen molar-refractivity contribution in [3.05, 3.63) is 16.3 Å². The number of nitrogens with zero attached hydrogens (tertiary/aromatic N) is 4. The number of hydrogen-bond acceptors (Lipinski definition) is 6. The van der Waals surface area contributed by atoms with Gasteiger partial charge in [-0.1, -0.05) is 0 Å². The van der Waals surface area contributed by atoms with Crippen LogP contribution < -0.4 is 10.2 Å². The zero-order valence-electron chi connectivity index (χ0n) is 10.6. The van der Waals surface area contributed by atoms with Gasteiger partial charge >= 0.3 is 5.69 Å². The van der Waals surface area contributed by atoms with Crippen molar-refractivity contribution in [3.8, 4) is 0 Å². The van der Waals surface area contributed by atoms with Crippen molar-refractivity contribution in [2.45, 2.75) is 32.2 Å². The molecule has 0 saturated heterocycles. The Labute approximate surface area is 105 Å². The van der Waals surface area contributed by atoms with E-state index in [1.54, 1.807) is 0 Å². The number of nitro groups is 1. The molecule has 1 aromatic heterocycles. The molecule has 18 heavy (non-hydrogen) atoms. The van der Waals surface area contributed by atoms with Crippen LogP contribution in [0.2, 0.25) is 0 Å². The summed E-state index contributed by atoms with van der Waals surface area (Å²) < 4.78 is 0. The third-order valence-corrected chi connectivity index (χ3v) is 3.24. The summed E-state index contributed by atoms with van der Waals surface area (Å²) in [6, 6.07) is 0.355. The normalized spacial score (nSPS) is 15.0. The lowest BCUT2D eigenvalue weighted by atomic mass is 9.92.